The van der Waals surface area contributed by atoms with Crippen LogP contribution < -0.4 is 5.32 Å². The molecule has 1 aromatic heterocycles. The van der Waals surface area contributed by atoms with Gasteiger partial charge in [0.25, 0.3) is 5.91 Å². The van der Waals surface area contributed by atoms with Crippen LogP contribution in [-0.2, 0) is 9.53 Å². The van der Waals surface area contributed by atoms with Gasteiger partial charge >= 0.3 is 0 Å². The van der Waals surface area contributed by atoms with Gasteiger partial charge in [-0.15, -0.1) is 0 Å². The number of aromatic nitrogens is 2. The lowest BCUT2D eigenvalue weighted by molar-refractivity contribution is -0.121. The predicted octanol–water partition coefficient (Wildman–Crippen LogP) is 1.32. The minimum Gasteiger partial charge on any atom is -0.376 e. The van der Waals surface area contributed by atoms with Gasteiger partial charge in [-0.2, -0.15) is 0 Å². The SMILES string of the molecule is Cc1cnc(C(=O)N(CCC(=O)NC(C)C)C[C@H]2CCCO2)cn1. The summed E-state index contributed by atoms with van der Waals surface area (Å²) in [6, 6.07) is 0.0859. The fraction of sp³-hybridized carbons (Fsp3) is 0.647. The fourth-order valence-corrected chi connectivity index (χ4v) is 2.61. The molecule has 0 radical (unpaired) electrons. The quantitative estimate of drug-likeness (QED) is 0.813. The molecule has 1 fully saturated rings. The first-order valence-electron chi connectivity index (χ1n) is 8.44. The molecule has 2 amide bonds. The van der Waals surface area contributed by atoms with E-state index in [1.807, 2.05) is 20.8 Å². The van der Waals surface area contributed by atoms with Crippen molar-refractivity contribution in [2.24, 2.45) is 0 Å². The van der Waals surface area contributed by atoms with Gasteiger partial charge in [0, 0.05) is 38.4 Å². The van der Waals surface area contributed by atoms with E-state index in [-0.39, 0.29) is 30.4 Å². The van der Waals surface area contributed by atoms with Gasteiger partial charge in [0.2, 0.25) is 5.91 Å². The highest BCUT2D eigenvalue weighted by molar-refractivity contribution is 5.92. The molecule has 1 aliphatic heterocycles. The maximum atomic E-state index is 12.7. The second-order valence-corrected chi connectivity index (χ2v) is 6.40. The van der Waals surface area contributed by atoms with Crippen molar-refractivity contribution < 1.29 is 14.3 Å². The molecule has 0 bridgehead atoms. The number of rotatable bonds is 7. The molecule has 0 unspecified atom stereocenters. The van der Waals surface area contributed by atoms with Crippen molar-refractivity contribution >= 4 is 11.8 Å². The summed E-state index contributed by atoms with van der Waals surface area (Å²) in [5.41, 5.74) is 1.05. The van der Waals surface area contributed by atoms with Crippen molar-refractivity contribution in [3.05, 3.63) is 23.8 Å². The van der Waals surface area contributed by atoms with Crippen LogP contribution in [0.15, 0.2) is 12.4 Å². The summed E-state index contributed by atoms with van der Waals surface area (Å²) >= 11 is 0. The Morgan fingerprint density at radius 2 is 2.17 bits per heavy atom. The van der Waals surface area contributed by atoms with E-state index in [2.05, 4.69) is 15.3 Å². The Balaban J connectivity index is 2.02. The van der Waals surface area contributed by atoms with Gasteiger partial charge in [-0.05, 0) is 33.6 Å². The summed E-state index contributed by atoms with van der Waals surface area (Å²) < 4.78 is 5.63. The van der Waals surface area contributed by atoms with E-state index in [1.165, 1.54) is 6.20 Å². The molecular weight excluding hydrogens is 308 g/mol. The van der Waals surface area contributed by atoms with Crippen molar-refractivity contribution in [2.75, 3.05) is 19.7 Å². The number of aryl methyl sites for hydroxylation is 1. The van der Waals surface area contributed by atoms with E-state index in [0.717, 1.165) is 25.1 Å². The molecule has 1 saturated heterocycles. The molecule has 7 heteroatoms. The van der Waals surface area contributed by atoms with Gasteiger partial charge in [-0.3, -0.25) is 14.6 Å². The van der Waals surface area contributed by atoms with Crippen LogP contribution in [0.2, 0.25) is 0 Å². The van der Waals surface area contributed by atoms with E-state index >= 15 is 0 Å². The van der Waals surface area contributed by atoms with E-state index < -0.39 is 0 Å². The molecule has 1 N–H and O–H groups in total. The van der Waals surface area contributed by atoms with Crippen molar-refractivity contribution in [1.82, 2.24) is 20.2 Å². The fourth-order valence-electron chi connectivity index (χ4n) is 2.61. The normalized spacial score (nSPS) is 17.1. The molecular formula is C17H26N4O3. The Morgan fingerprint density at radius 3 is 2.75 bits per heavy atom. The maximum absolute atomic E-state index is 12.7. The van der Waals surface area contributed by atoms with E-state index in [1.54, 1.807) is 11.1 Å². The Bertz CT molecular complexity index is 553. The van der Waals surface area contributed by atoms with Gasteiger partial charge in [-0.1, -0.05) is 0 Å². The molecule has 1 aromatic rings. The zero-order valence-corrected chi connectivity index (χ0v) is 14.6. The van der Waals surface area contributed by atoms with E-state index in [9.17, 15) is 9.59 Å². The van der Waals surface area contributed by atoms with E-state index in [0.29, 0.717) is 18.8 Å². The first kappa shape index (κ1) is 18.3. The summed E-state index contributed by atoms with van der Waals surface area (Å²) in [6.45, 7) is 7.19. The first-order valence-corrected chi connectivity index (χ1v) is 8.44. The first-order chi connectivity index (χ1) is 11.5. The summed E-state index contributed by atoms with van der Waals surface area (Å²) in [5.74, 6) is -0.277. The standard InChI is InChI=1S/C17H26N4O3/c1-12(2)20-16(22)6-7-21(11-14-5-4-8-24-14)17(23)15-10-18-13(3)9-19-15/h9-10,12,14H,4-8,11H2,1-3H3,(H,20,22)/t14-/m1/s1. The summed E-state index contributed by atoms with van der Waals surface area (Å²) in [4.78, 5) is 34.5. The molecule has 132 valence electrons. The monoisotopic (exact) mass is 334 g/mol. The molecule has 2 rings (SSSR count). The molecule has 2 heterocycles. The number of carbonyl (C=O) groups excluding carboxylic acids is 2. The Hall–Kier alpha value is -2.02. The lowest BCUT2D eigenvalue weighted by Gasteiger charge is -2.25. The van der Waals surface area contributed by atoms with Crippen molar-refractivity contribution in [2.45, 2.75) is 52.2 Å². The van der Waals surface area contributed by atoms with Gasteiger partial charge in [0.05, 0.1) is 18.0 Å². The number of carbonyl (C=O) groups is 2. The van der Waals surface area contributed by atoms with Gasteiger partial charge in [-0.25, -0.2) is 4.98 Å². The van der Waals surface area contributed by atoms with E-state index in [4.69, 9.17) is 4.74 Å². The highest BCUT2D eigenvalue weighted by atomic mass is 16.5. The average Bonchev–Trinajstić information content (AvgIpc) is 3.04. The largest absolute Gasteiger partial charge is 0.376 e. The smallest absolute Gasteiger partial charge is 0.274 e. The van der Waals surface area contributed by atoms with Crippen molar-refractivity contribution in [1.29, 1.82) is 0 Å². The van der Waals surface area contributed by atoms with Crippen LogP contribution in [0.3, 0.4) is 0 Å². The van der Waals surface area contributed by atoms with Crippen molar-refractivity contribution in [3.8, 4) is 0 Å². The highest BCUT2D eigenvalue weighted by Gasteiger charge is 2.24. The highest BCUT2D eigenvalue weighted by Crippen LogP contribution is 2.15. The number of nitrogens with zero attached hydrogens (tertiary/aromatic N) is 3. The predicted molar refractivity (Wildman–Crippen MR) is 89.5 cm³/mol. The van der Waals surface area contributed by atoms with Crippen LogP contribution in [0.5, 0.6) is 0 Å². The lowest BCUT2D eigenvalue weighted by Crippen LogP contribution is -2.41. The molecule has 0 aliphatic carbocycles. The zero-order valence-electron chi connectivity index (χ0n) is 14.6. The van der Waals surface area contributed by atoms with Gasteiger partial charge in [0.15, 0.2) is 0 Å². The molecule has 7 nitrogen and oxygen atoms in total. The number of hydrogen-bond donors (Lipinski definition) is 1. The zero-order chi connectivity index (χ0) is 17.5. The second-order valence-electron chi connectivity index (χ2n) is 6.40. The van der Waals surface area contributed by atoms with Crippen LogP contribution in [-0.4, -0.2) is 58.5 Å². The number of ether oxygens (including phenoxy) is 1. The topological polar surface area (TPSA) is 84.4 Å². The summed E-state index contributed by atoms with van der Waals surface area (Å²) in [5, 5.41) is 2.84. The third kappa shape index (κ3) is 5.56. The van der Waals surface area contributed by atoms with Gasteiger partial charge in [0.1, 0.15) is 5.69 Å². The third-order valence-corrected chi connectivity index (χ3v) is 3.79. The van der Waals surface area contributed by atoms with Crippen LogP contribution in [0, 0.1) is 6.92 Å². The molecule has 1 aliphatic rings. The minimum absolute atomic E-state index is 0.0283. The minimum atomic E-state index is -0.213. The molecule has 24 heavy (non-hydrogen) atoms. The average molecular weight is 334 g/mol. The maximum Gasteiger partial charge on any atom is 0.274 e. The lowest BCUT2D eigenvalue weighted by atomic mass is 10.2. The van der Waals surface area contributed by atoms with Crippen LogP contribution >= 0.6 is 0 Å². The molecule has 0 aromatic carbocycles. The third-order valence-electron chi connectivity index (χ3n) is 3.79. The second kappa shape index (κ2) is 8.73. The van der Waals surface area contributed by atoms with Crippen LogP contribution in [0.1, 0.15) is 49.3 Å². The summed E-state index contributed by atoms with van der Waals surface area (Å²) in [6.07, 6.45) is 5.28. The molecule has 0 saturated carbocycles. The van der Waals surface area contributed by atoms with Gasteiger partial charge < -0.3 is 15.0 Å². The van der Waals surface area contributed by atoms with Crippen LogP contribution in [0.4, 0.5) is 0 Å². The Labute approximate surface area is 142 Å². The Kier molecular flexibility index (Phi) is 6.66. The number of hydrogen-bond acceptors (Lipinski definition) is 5. The molecule has 1 atom stereocenters. The number of nitrogens with one attached hydrogen (secondary N) is 1. The van der Waals surface area contributed by atoms with Crippen molar-refractivity contribution in [3.63, 3.8) is 0 Å². The Morgan fingerprint density at radius 1 is 1.38 bits per heavy atom. The number of amides is 2. The molecule has 0 spiro atoms. The van der Waals surface area contributed by atoms with Crippen LogP contribution in [0.25, 0.3) is 0 Å². The summed E-state index contributed by atoms with van der Waals surface area (Å²) in [7, 11) is 0.